The van der Waals surface area contributed by atoms with Crippen LogP contribution in [0.4, 0.5) is 17.6 Å². The van der Waals surface area contributed by atoms with Crippen molar-refractivity contribution in [1.82, 2.24) is 29.6 Å². The summed E-state index contributed by atoms with van der Waals surface area (Å²) in [6.07, 6.45) is -1.12. The van der Waals surface area contributed by atoms with Crippen molar-refractivity contribution in [2.24, 2.45) is 7.05 Å². The molecule has 0 fully saturated rings. The van der Waals surface area contributed by atoms with Crippen LogP contribution in [-0.2, 0) is 19.6 Å². The van der Waals surface area contributed by atoms with E-state index in [4.69, 9.17) is 11.6 Å². The summed E-state index contributed by atoms with van der Waals surface area (Å²) in [5.74, 6) is -1.23. The van der Waals surface area contributed by atoms with Gasteiger partial charge in [-0.25, -0.2) is 9.37 Å². The molecule has 1 amide bonds. The molecular weight excluding hydrogens is 528 g/mol. The van der Waals surface area contributed by atoms with Gasteiger partial charge in [-0.3, -0.25) is 19.3 Å². The van der Waals surface area contributed by atoms with Crippen molar-refractivity contribution in [3.63, 3.8) is 0 Å². The molecule has 13 heteroatoms. The van der Waals surface area contributed by atoms with Gasteiger partial charge < -0.3 is 9.88 Å². The summed E-state index contributed by atoms with van der Waals surface area (Å²) in [7, 11) is 1.58. The Kier molecular flexibility index (Phi) is 6.30. The maximum Gasteiger partial charge on any atom is 0.434 e. The first-order valence-electron chi connectivity index (χ1n) is 11.4. The van der Waals surface area contributed by atoms with Crippen molar-refractivity contribution < 1.29 is 22.4 Å². The summed E-state index contributed by atoms with van der Waals surface area (Å²) >= 11 is 6.55. The number of rotatable bonds is 3. The van der Waals surface area contributed by atoms with Crippen molar-refractivity contribution in [2.45, 2.75) is 25.6 Å². The summed E-state index contributed by atoms with van der Waals surface area (Å²) < 4.78 is 55.6. The molecule has 1 atom stereocenters. The molecule has 0 saturated heterocycles. The Morgan fingerprint density at radius 3 is 2.66 bits per heavy atom. The molecule has 0 spiro atoms. The summed E-state index contributed by atoms with van der Waals surface area (Å²) in [5.41, 5.74) is 0.651. The van der Waals surface area contributed by atoms with Gasteiger partial charge in [0.1, 0.15) is 11.5 Å². The molecule has 5 rings (SSSR count). The number of nitrogens with one attached hydrogen (secondary N) is 1. The van der Waals surface area contributed by atoms with Gasteiger partial charge >= 0.3 is 6.18 Å². The largest absolute Gasteiger partial charge is 0.434 e. The molecule has 0 aliphatic carbocycles. The van der Waals surface area contributed by atoms with Crippen LogP contribution in [0.1, 0.15) is 40.3 Å². The summed E-state index contributed by atoms with van der Waals surface area (Å²) in [5, 5.41) is 4.49. The molecule has 1 aliphatic rings. The zero-order valence-electron chi connectivity index (χ0n) is 20.0. The van der Waals surface area contributed by atoms with Crippen molar-refractivity contribution in [3.05, 3.63) is 86.6 Å². The quantitative estimate of drug-likeness (QED) is 0.372. The molecule has 4 aromatic rings. The van der Waals surface area contributed by atoms with Crippen molar-refractivity contribution >= 4 is 17.5 Å². The number of aromatic amines is 1. The number of benzene rings is 1. The molecule has 0 unspecified atom stereocenters. The van der Waals surface area contributed by atoms with Crippen molar-refractivity contribution in [1.29, 1.82) is 0 Å². The lowest BCUT2D eigenvalue weighted by Gasteiger charge is -2.33. The number of hydrogen-bond acceptors (Lipinski definition) is 5. The van der Waals surface area contributed by atoms with Crippen LogP contribution in [0.15, 0.2) is 47.7 Å². The lowest BCUT2D eigenvalue weighted by Crippen LogP contribution is -2.39. The second kappa shape index (κ2) is 9.35. The zero-order valence-corrected chi connectivity index (χ0v) is 20.7. The molecule has 0 radical (unpaired) electrons. The minimum Gasteiger partial charge on any atom is -0.330 e. The fraction of sp³-hybridized carbons (Fsp3) is 0.240. The lowest BCUT2D eigenvalue weighted by molar-refractivity contribution is -0.141. The molecule has 4 heterocycles. The van der Waals surface area contributed by atoms with Crippen LogP contribution in [0.25, 0.3) is 22.5 Å². The monoisotopic (exact) mass is 546 g/mol. The third-order valence-corrected chi connectivity index (χ3v) is 6.84. The third-order valence-electron chi connectivity index (χ3n) is 6.43. The number of hydrogen-bond donors (Lipinski definition) is 1. The van der Waals surface area contributed by atoms with E-state index in [-0.39, 0.29) is 40.4 Å². The first-order chi connectivity index (χ1) is 18.0. The van der Waals surface area contributed by atoms with Gasteiger partial charge in [-0.2, -0.15) is 18.3 Å². The Labute approximate surface area is 217 Å². The van der Waals surface area contributed by atoms with Crippen LogP contribution in [-0.4, -0.2) is 42.1 Å². The normalized spacial score (nSPS) is 15.4. The molecule has 8 nitrogen and oxygen atoms in total. The molecule has 1 aromatic carbocycles. The number of pyridine rings is 1. The topological polar surface area (TPSA) is 96.8 Å². The number of aromatic nitrogens is 5. The number of alkyl halides is 3. The third kappa shape index (κ3) is 4.44. The van der Waals surface area contributed by atoms with Gasteiger partial charge in [0.25, 0.3) is 5.91 Å². The zero-order chi connectivity index (χ0) is 27.4. The van der Waals surface area contributed by atoms with E-state index in [0.29, 0.717) is 28.7 Å². The van der Waals surface area contributed by atoms with Crippen LogP contribution >= 0.6 is 11.6 Å². The number of fused-ring (bicyclic) bond motifs is 1. The number of nitrogens with zero attached hydrogens (tertiary/aromatic N) is 5. The Hall–Kier alpha value is -4.06. The molecular formula is C25H19ClF4N6O2. The number of halogens is 5. The fourth-order valence-corrected chi connectivity index (χ4v) is 4.95. The number of amides is 1. The maximum atomic E-state index is 14.6. The van der Waals surface area contributed by atoms with Gasteiger partial charge in [-0.15, -0.1) is 0 Å². The highest BCUT2D eigenvalue weighted by Gasteiger charge is 2.36. The Balaban J connectivity index is 1.51. The van der Waals surface area contributed by atoms with Crippen molar-refractivity contribution in [3.8, 4) is 22.5 Å². The number of aryl methyl sites for hydroxylation is 1. The first-order valence-corrected chi connectivity index (χ1v) is 11.8. The Morgan fingerprint density at radius 2 is 1.97 bits per heavy atom. The predicted molar refractivity (Wildman–Crippen MR) is 130 cm³/mol. The summed E-state index contributed by atoms with van der Waals surface area (Å²) in [6.45, 7) is 1.90. The first kappa shape index (κ1) is 25.6. The van der Waals surface area contributed by atoms with Crippen LogP contribution in [0.5, 0.6) is 0 Å². The highest BCUT2D eigenvalue weighted by molar-refractivity contribution is 6.36. The van der Waals surface area contributed by atoms with Gasteiger partial charge in [0, 0.05) is 37.0 Å². The van der Waals surface area contributed by atoms with Gasteiger partial charge in [0.2, 0.25) is 5.56 Å². The molecule has 3 aromatic heterocycles. The lowest BCUT2D eigenvalue weighted by atomic mass is 9.96. The van der Waals surface area contributed by atoms with Gasteiger partial charge in [0.15, 0.2) is 5.69 Å². The highest BCUT2D eigenvalue weighted by atomic mass is 35.5. The summed E-state index contributed by atoms with van der Waals surface area (Å²) in [4.78, 5) is 36.4. The molecule has 0 bridgehead atoms. The average Bonchev–Trinajstić information content (AvgIpc) is 3.22. The van der Waals surface area contributed by atoms with E-state index in [2.05, 4.69) is 20.1 Å². The van der Waals surface area contributed by atoms with Gasteiger partial charge in [0.05, 0.1) is 40.4 Å². The van der Waals surface area contributed by atoms with Gasteiger partial charge in [-0.1, -0.05) is 11.6 Å². The Bertz CT molecular complexity index is 1610. The smallest absolute Gasteiger partial charge is 0.330 e. The van der Waals surface area contributed by atoms with E-state index in [1.165, 1.54) is 40.2 Å². The highest BCUT2D eigenvalue weighted by Crippen LogP contribution is 2.38. The SMILES string of the molecule is C[C@H]1c2nn(C)c(-c3cncc(C(F)(F)F)n3)c2CCN1C(=O)c1cc(F)cc(-c2ccc(=O)[nH]c2)c1Cl. The molecule has 38 heavy (non-hydrogen) atoms. The number of H-pyrrole nitrogens is 1. The van der Waals surface area contributed by atoms with E-state index < -0.39 is 29.6 Å². The van der Waals surface area contributed by atoms with Crippen LogP contribution in [0.3, 0.4) is 0 Å². The number of carbonyl (C=O) groups is 1. The Morgan fingerprint density at radius 1 is 1.21 bits per heavy atom. The van der Waals surface area contributed by atoms with Gasteiger partial charge in [-0.05, 0) is 37.1 Å². The van der Waals surface area contributed by atoms with Crippen molar-refractivity contribution in [2.75, 3.05) is 6.54 Å². The second-order valence-electron chi connectivity index (χ2n) is 8.80. The molecule has 0 saturated carbocycles. The second-order valence-corrected chi connectivity index (χ2v) is 9.18. The number of carbonyl (C=O) groups excluding carboxylic acids is 1. The van der Waals surface area contributed by atoms with Crippen LogP contribution < -0.4 is 5.56 Å². The minimum absolute atomic E-state index is 0.0155. The standard InChI is InChI=1S/C25H19ClF4N6O2/c1-12-22-15(23(35(2)34-22)18-10-31-11-19(33-18)25(28,29)30)5-6-36(12)24(38)17-8-14(27)7-16(21(17)26)13-3-4-20(37)32-9-13/h3-4,7-12H,5-6H2,1-2H3,(H,32,37)/t12-/m0/s1. The van der Waals surface area contributed by atoms with E-state index in [9.17, 15) is 27.2 Å². The fourth-order valence-electron chi connectivity index (χ4n) is 4.65. The van der Waals surface area contributed by atoms with E-state index in [0.717, 1.165) is 6.07 Å². The van der Waals surface area contributed by atoms with Crippen LogP contribution in [0, 0.1) is 5.82 Å². The molecule has 1 N–H and O–H groups in total. The maximum absolute atomic E-state index is 14.6. The molecule has 1 aliphatic heterocycles. The van der Waals surface area contributed by atoms with E-state index in [1.807, 2.05) is 0 Å². The predicted octanol–water partition coefficient (Wildman–Crippen LogP) is 4.80. The summed E-state index contributed by atoms with van der Waals surface area (Å²) in [6, 6.07) is 4.35. The average molecular weight is 547 g/mol. The van der Waals surface area contributed by atoms with E-state index >= 15 is 0 Å². The van der Waals surface area contributed by atoms with Crippen LogP contribution in [0.2, 0.25) is 5.02 Å². The molecule has 196 valence electrons. The minimum atomic E-state index is -4.66. The van der Waals surface area contributed by atoms with E-state index in [1.54, 1.807) is 14.0 Å².